The molecule has 1 amide bonds. The van der Waals surface area contributed by atoms with Crippen molar-refractivity contribution in [3.05, 3.63) is 72.6 Å². The van der Waals surface area contributed by atoms with Crippen LogP contribution in [0, 0.1) is 0 Å². The molecular weight excluding hydrogens is 407 g/mol. The van der Waals surface area contributed by atoms with Crippen molar-refractivity contribution in [3.63, 3.8) is 0 Å². The van der Waals surface area contributed by atoms with E-state index in [0.29, 0.717) is 11.3 Å². The summed E-state index contributed by atoms with van der Waals surface area (Å²) in [7, 11) is 0. The van der Waals surface area contributed by atoms with Crippen molar-refractivity contribution in [1.82, 2.24) is 4.98 Å². The van der Waals surface area contributed by atoms with Crippen LogP contribution in [-0.4, -0.2) is 30.3 Å². The van der Waals surface area contributed by atoms with Gasteiger partial charge in [0.15, 0.2) is 0 Å². The standard InChI is InChI=1S/C23H20F3N3O2/c24-23(25,26)31-19-8-6-18(7-9-19)28-22(30)16-5-10-21(29-12-1-2-13-29)20(14-16)17-4-3-11-27-15-17/h3-11,14-15H,1-2,12-13H2,(H,28,30). The number of anilines is 2. The number of alkyl halides is 3. The normalized spacial score (nSPS) is 13.8. The fraction of sp³-hybridized carbons (Fsp3) is 0.217. The summed E-state index contributed by atoms with van der Waals surface area (Å²) in [5.41, 5.74) is 3.68. The first-order chi connectivity index (χ1) is 14.9. The van der Waals surface area contributed by atoms with Crippen LogP contribution >= 0.6 is 0 Å². The minimum absolute atomic E-state index is 0.348. The Morgan fingerprint density at radius 1 is 1.03 bits per heavy atom. The molecule has 1 aliphatic rings. The molecule has 4 rings (SSSR count). The summed E-state index contributed by atoms with van der Waals surface area (Å²) in [6.45, 7) is 1.93. The topological polar surface area (TPSA) is 54.5 Å². The third-order valence-electron chi connectivity index (χ3n) is 5.02. The monoisotopic (exact) mass is 427 g/mol. The van der Waals surface area contributed by atoms with Crippen molar-refractivity contribution in [1.29, 1.82) is 0 Å². The van der Waals surface area contributed by atoms with E-state index < -0.39 is 6.36 Å². The van der Waals surface area contributed by atoms with E-state index in [-0.39, 0.29) is 11.7 Å². The van der Waals surface area contributed by atoms with Crippen LogP contribution in [0.1, 0.15) is 23.2 Å². The summed E-state index contributed by atoms with van der Waals surface area (Å²) in [5.74, 6) is -0.707. The quantitative estimate of drug-likeness (QED) is 0.584. The first kappa shape index (κ1) is 20.7. The van der Waals surface area contributed by atoms with Crippen molar-refractivity contribution >= 4 is 17.3 Å². The molecule has 2 heterocycles. The van der Waals surface area contributed by atoms with E-state index in [1.54, 1.807) is 18.5 Å². The lowest BCUT2D eigenvalue weighted by molar-refractivity contribution is -0.274. The predicted octanol–water partition coefficient (Wildman–Crippen LogP) is 5.50. The van der Waals surface area contributed by atoms with Crippen LogP contribution in [0.4, 0.5) is 24.5 Å². The summed E-state index contributed by atoms with van der Waals surface area (Å²) in [6, 6.07) is 14.3. The molecule has 0 atom stereocenters. The maximum absolute atomic E-state index is 12.8. The third kappa shape index (κ3) is 5.14. The number of halogens is 3. The summed E-state index contributed by atoms with van der Waals surface area (Å²) in [6.07, 6.45) is 0.952. The van der Waals surface area contributed by atoms with E-state index in [4.69, 9.17) is 0 Å². The molecule has 0 spiro atoms. The van der Waals surface area contributed by atoms with Gasteiger partial charge in [0, 0.05) is 53.5 Å². The van der Waals surface area contributed by atoms with Crippen molar-refractivity contribution in [3.8, 4) is 16.9 Å². The van der Waals surface area contributed by atoms with Gasteiger partial charge in [0.2, 0.25) is 0 Å². The van der Waals surface area contributed by atoms with Gasteiger partial charge in [-0.05, 0) is 61.4 Å². The highest BCUT2D eigenvalue weighted by atomic mass is 19.4. The fourth-order valence-corrected chi connectivity index (χ4v) is 3.61. The molecule has 0 saturated carbocycles. The lowest BCUT2D eigenvalue weighted by atomic mass is 10.0. The van der Waals surface area contributed by atoms with E-state index in [1.165, 1.54) is 12.1 Å². The van der Waals surface area contributed by atoms with Crippen LogP contribution in [-0.2, 0) is 0 Å². The largest absolute Gasteiger partial charge is 0.573 e. The third-order valence-corrected chi connectivity index (χ3v) is 5.02. The Labute approximate surface area is 177 Å². The number of amides is 1. The number of pyridine rings is 1. The van der Waals surface area contributed by atoms with Gasteiger partial charge in [0.1, 0.15) is 5.75 Å². The van der Waals surface area contributed by atoms with Crippen molar-refractivity contribution in [2.24, 2.45) is 0 Å². The molecule has 1 aliphatic heterocycles. The Kier molecular flexibility index (Phi) is 5.79. The van der Waals surface area contributed by atoms with E-state index in [1.807, 2.05) is 24.3 Å². The SMILES string of the molecule is O=C(Nc1ccc(OC(F)(F)F)cc1)c1ccc(N2CCCC2)c(-c2cccnc2)c1. The highest BCUT2D eigenvalue weighted by molar-refractivity contribution is 6.05. The van der Waals surface area contributed by atoms with Crippen LogP contribution in [0.5, 0.6) is 5.75 Å². The Balaban J connectivity index is 1.57. The first-order valence-electron chi connectivity index (χ1n) is 9.86. The molecule has 0 radical (unpaired) electrons. The van der Waals surface area contributed by atoms with E-state index in [9.17, 15) is 18.0 Å². The zero-order valence-corrected chi connectivity index (χ0v) is 16.5. The van der Waals surface area contributed by atoms with E-state index in [2.05, 4.69) is 19.9 Å². The van der Waals surface area contributed by atoms with Gasteiger partial charge >= 0.3 is 6.36 Å². The van der Waals surface area contributed by atoms with Crippen LogP contribution in [0.25, 0.3) is 11.1 Å². The van der Waals surface area contributed by atoms with Gasteiger partial charge in [-0.25, -0.2) is 0 Å². The Hall–Kier alpha value is -3.55. The average molecular weight is 427 g/mol. The molecule has 0 aliphatic carbocycles. The molecular formula is C23H20F3N3O2. The number of nitrogens with zero attached hydrogens (tertiary/aromatic N) is 2. The minimum Gasteiger partial charge on any atom is -0.406 e. The second kappa shape index (κ2) is 8.67. The molecule has 31 heavy (non-hydrogen) atoms. The number of ether oxygens (including phenoxy) is 1. The minimum atomic E-state index is -4.76. The second-order valence-corrected chi connectivity index (χ2v) is 7.19. The molecule has 1 N–H and O–H groups in total. The zero-order chi connectivity index (χ0) is 21.8. The van der Waals surface area contributed by atoms with Gasteiger partial charge in [-0.2, -0.15) is 0 Å². The highest BCUT2D eigenvalue weighted by Crippen LogP contribution is 2.34. The number of hydrogen-bond acceptors (Lipinski definition) is 4. The van der Waals surface area contributed by atoms with Gasteiger partial charge in [-0.15, -0.1) is 13.2 Å². The van der Waals surface area contributed by atoms with Gasteiger partial charge < -0.3 is 15.0 Å². The number of benzene rings is 2. The summed E-state index contributed by atoms with van der Waals surface area (Å²) in [5, 5.41) is 2.71. The predicted molar refractivity (Wildman–Crippen MR) is 112 cm³/mol. The van der Waals surface area contributed by atoms with Crippen LogP contribution in [0.3, 0.4) is 0 Å². The Morgan fingerprint density at radius 2 is 1.77 bits per heavy atom. The second-order valence-electron chi connectivity index (χ2n) is 7.19. The molecule has 3 aromatic rings. The number of rotatable bonds is 5. The lowest BCUT2D eigenvalue weighted by Gasteiger charge is -2.22. The Bertz CT molecular complexity index is 1050. The van der Waals surface area contributed by atoms with Gasteiger partial charge in [-0.1, -0.05) is 6.07 Å². The zero-order valence-electron chi connectivity index (χ0n) is 16.5. The maximum Gasteiger partial charge on any atom is 0.573 e. The van der Waals surface area contributed by atoms with Crippen LogP contribution in [0.2, 0.25) is 0 Å². The highest BCUT2D eigenvalue weighted by Gasteiger charge is 2.31. The summed E-state index contributed by atoms with van der Waals surface area (Å²) >= 11 is 0. The molecule has 1 saturated heterocycles. The average Bonchev–Trinajstić information content (AvgIpc) is 3.29. The van der Waals surface area contributed by atoms with Crippen LogP contribution < -0.4 is 15.0 Å². The molecule has 2 aromatic carbocycles. The number of carbonyl (C=O) groups excluding carboxylic acids is 1. The maximum atomic E-state index is 12.8. The van der Waals surface area contributed by atoms with Gasteiger partial charge in [0.05, 0.1) is 0 Å². The van der Waals surface area contributed by atoms with Crippen molar-refractivity contribution in [2.75, 3.05) is 23.3 Å². The number of hydrogen-bond donors (Lipinski definition) is 1. The fourth-order valence-electron chi connectivity index (χ4n) is 3.61. The van der Waals surface area contributed by atoms with Crippen molar-refractivity contribution in [2.45, 2.75) is 19.2 Å². The van der Waals surface area contributed by atoms with Gasteiger partial charge in [0.25, 0.3) is 5.91 Å². The summed E-state index contributed by atoms with van der Waals surface area (Å²) in [4.78, 5) is 19.3. The van der Waals surface area contributed by atoms with Crippen LogP contribution in [0.15, 0.2) is 67.0 Å². The number of aromatic nitrogens is 1. The number of carbonyl (C=O) groups is 1. The number of nitrogens with one attached hydrogen (secondary N) is 1. The molecule has 160 valence electrons. The smallest absolute Gasteiger partial charge is 0.406 e. The molecule has 5 nitrogen and oxygen atoms in total. The van der Waals surface area contributed by atoms with E-state index in [0.717, 1.165) is 54.9 Å². The molecule has 0 bridgehead atoms. The molecule has 1 aromatic heterocycles. The molecule has 8 heteroatoms. The first-order valence-corrected chi connectivity index (χ1v) is 9.86. The van der Waals surface area contributed by atoms with E-state index >= 15 is 0 Å². The van der Waals surface area contributed by atoms with Crippen molar-refractivity contribution < 1.29 is 22.7 Å². The molecule has 1 fully saturated rings. The van der Waals surface area contributed by atoms with Gasteiger partial charge in [-0.3, -0.25) is 9.78 Å². The Morgan fingerprint density at radius 3 is 2.42 bits per heavy atom. The lowest BCUT2D eigenvalue weighted by Crippen LogP contribution is -2.19. The molecule has 0 unspecified atom stereocenters. The summed E-state index contributed by atoms with van der Waals surface area (Å²) < 4.78 is 40.7.